The van der Waals surface area contributed by atoms with Gasteiger partial charge in [0.15, 0.2) is 11.6 Å². The Hall–Kier alpha value is -1.04. The summed E-state index contributed by atoms with van der Waals surface area (Å²) in [5.74, 6) is -5.40. The lowest BCUT2D eigenvalue weighted by Crippen LogP contribution is -2.19. The van der Waals surface area contributed by atoms with Crippen molar-refractivity contribution in [2.24, 2.45) is 0 Å². The van der Waals surface area contributed by atoms with Crippen LogP contribution in [0.25, 0.3) is 0 Å². The van der Waals surface area contributed by atoms with Crippen LogP contribution in [0.15, 0.2) is 6.07 Å². The summed E-state index contributed by atoms with van der Waals surface area (Å²) in [6.07, 6.45) is 0. The van der Waals surface area contributed by atoms with E-state index in [0.29, 0.717) is 0 Å². The van der Waals surface area contributed by atoms with Crippen LogP contribution in [-0.4, -0.2) is 17.0 Å². The predicted octanol–water partition coefficient (Wildman–Crippen LogP) is 2.78. The van der Waals surface area contributed by atoms with Gasteiger partial charge in [-0.2, -0.15) is 0 Å². The fraction of sp³-hybridized carbons (Fsp3) is 0. The Morgan fingerprint density at radius 1 is 1.25 bits per heavy atom. The maximum Gasteiger partial charge on any atom is 0.422 e. The van der Waals surface area contributed by atoms with Gasteiger partial charge in [-0.15, -0.1) is 0 Å². The third-order valence-electron chi connectivity index (χ3n) is 1.45. The first-order chi connectivity index (χ1) is 7.34. The Morgan fingerprint density at radius 2 is 1.81 bits per heavy atom. The minimum Gasteiger partial charge on any atom is -0.473 e. The first kappa shape index (κ1) is 13.0. The van der Waals surface area contributed by atoms with Crippen LogP contribution in [-0.2, 0) is 9.59 Å². The number of benzene rings is 1. The highest BCUT2D eigenvalue weighted by atomic mass is 35.5. The number of carboxylic acid groups (broad SMARTS) is 1. The van der Waals surface area contributed by atoms with E-state index in [2.05, 4.69) is 4.74 Å². The molecule has 1 rings (SSSR count). The molecule has 1 aromatic carbocycles. The van der Waals surface area contributed by atoms with Crippen LogP contribution >= 0.6 is 34.8 Å². The van der Waals surface area contributed by atoms with E-state index in [1.54, 1.807) is 0 Å². The van der Waals surface area contributed by atoms with Crippen molar-refractivity contribution in [2.45, 2.75) is 0 Å². The standard InChI is InChI=1S/C8H2Cl3FO4/c9-2-1-3(16-8(15)7(13)14)6(12)5(11)4(2)10/h1H,(H,13,14). The van der Waals surface area contributed by atoms with E-state index in [1.807, 2.05) is 0 Å². The normalized spacial score (nSPS) is 10.0. The van der Waals surface area contributed by atoms with Crippen LogP contribution < -0.4 is 4.74 Å². The molecule has 0 saturated heterocycles. The summed E-state index contributed by atoms with van der Waals surface area (Å²) >= 11 is 16.4. The van der Waals surface area contributed by atoms with Crippen LogP contribution in [0, 0.1) is 5.82 Å². The minimum absolute atomic E-state index is 0.166. The van der Waals surface area contributed by atoms with Gasteiger partial charge in [0.1, 0.15) is 5.02 Å². The number of rotatable bonds is 1. The van der Waals surface area contributed by atoms with Crippen LogP contribution in [0.3, 0.4) is 0 Å². The summed E-state index contributed by atoms with van der Waals surface area (Å²) in [7, 11) is 0. The Bertz CT molecular complexity index is 475. The molecule has 0 aliphatic carbocycles. The van der Waals surface area contributed by atoms with Crippen LogP contribution in [0.5, 0.6) is 5.75 Å². The van der Waals surface area contributed by atoms with E-state index < -0.39 is 28.5 Å². The number of hydrogen-bond donors (Lipinski definition) is 1. The largest absolute Gasteiger partial charge is 0.473 e. The van der Waals surface area contributed by atoms with E-state index in [9.17, 15) is 14.0 Å². The number of halogens is 4. The average Bonchev–Trinajstić information content (AvgIpc) is 2.22. The Morgan fingerprint density at radius 3 is 2.31 bits per heavy atom. The van der Waals surface area contributed by atoms with E-state index in [4.69, 9.17) is 39.9 Å². The number of carboxylic acids is 1. The lowest BCUT2D eigenvalue weighted by atomic mass is 10.3. The smallest absolute Gasteiger partial charge is 0.422 e. The van der Waals surface area contributed by atoms with Crippen molar-refractivity contribution in [1.29, 1.82) is 0 Å². The molecule has 0 bridgehead atoms. The number of carbonyl (C=O) groups is 2. The molecule has 16 heavy (non-hydrogen) atoms. The average molecular weight is 287 g/mol. The van der Waals surface area contributed by atoms with Gasteiger partial charge in [0.2, 0.25) is 0 Å². The molecule has 0 saturated carbocycles. The Kier molecular flexibility index (Phi) is 3.96. The summed E-state index contributed by atoms with van der Waals surface area (Å²) < 4.78 is 17.5. The molecular formula is C8H2Cl3FO4. The summed E-state index contributed by atoms with van der Waals surface area (Å²) in [6, 6.07) is 0.853. The molecule has 86 valence electrons. The van der Waals surface area contributed by atoms with Crippen molar-refractivity contribution in [2.75, 3.05) is 0 Å². The van der Waals surface area contributed by atoms with Crippen LogP contribution in [0.1, 0.15) is 0 Å². The van der Waals surface area contributed by atoms with E-state index in [1.165, 1.54) is 0 Å². The number of carbonyl (C=O) groups excluding carboxylic acids is 1. The van der Waals surface area contributed by atoms with Gasteiger partial charge in [-0.1, -0.05) is 34.8 Å². The highest BCUT2D eigenvalue weighted by Crippen LogP contribution is 2.37. The molecule has 0 aliphatic rings. The second kappa shape index (κ2) is 4.86. The number of hydrogen-bond acceptors (Lipinski definition) is 3. The van der Waals surface area contributed by atoms with Crippen molar-refractivity contribution < 1.29 is 23.8 Å². The topological polar surface area (TPSA) is 63.6 Å². The van der Waals surface area contributed by atoms with Crippen molar-refractivity contribution in [3.63, 3.8) is 0 Å². The molecule has 4 nitrogen and oxygen atoms in total. The van der Waals surface area contributed by atoms with Gasteiger partial charge in [0.05, 0.1) is 10.0 Å². The molecule has 1 N–H and O–H groups in total. The summed E-state index contributed by atoms with van der Waals surface area (Å²) in [4.78, 5) is 20.8. The molecule has 0 radical (unpaired) electrons. The van der Waals surface area contributed by atoms with E-state index >= 15 is 0 Å². The van der Waals surface area contributed by atoms with Crippen molar-refractivity contribution in [3.05, 3.63) is 27.0 Å². The zero-order valence-electron chi connectivity index (χ0n) is 7.26. The number of ether oxygens (including phenoxy) is 1. The lowest BCUT2D eigenvalue weighted by Gasteiger charge is -2.06. The molecule has 8 heteroatoms. The second-order valence-electron chi connectivity index (χ2n) is 2.49. The lowest BCUT2D eigenvalue weighted by molar-refractivity contribution is -0.158. The first-order valence-electron chi connectivity index (χ1n) is 3.62. The van der Waals surface area contributed by atoms with Crippen LogP contribution in [0.4, 0.5) is 4.39 Å². The van der Waals surface area contributed by atoms with Crippen molar-refractivity contribution in [1.82, 2.24) is 0 Å². The molecule has 0 heterocycles. The maximum atomic E-state index is 13.3. The highest BCUT2D eigenvalue weighted by Gasteiger charge is 2.21. The number of esters is 1. The fourth-order valence-corrected chi connectivity index (χ4v) is 1.34. The molecule has 0 aliphatic heterocycles. The second-order valence-corrected chi connectivity index (χ2v) is 3.66. The fourth-order valence-electron chi connectivity index (χ4n) is 0.769. The monoisotopic (exact) mass is 286 g/mol. The van der Waals surface area contributed by atoms with Gasteiger partial charge in [0, 0.05) is 6.07 Å². The predicted molar refractivity (Wildman–Crippen MR) is 54.7 cm³/mol. The quantitative estimate of drug-likeness (QED) is 0.284. The minimum atomic E-state index is -1.87. The molecule has 0 spiro atoms. The number of aliphatic carboxylic acids is 1. The third-order valence-corrected chi connectivity index (χ3v) is 2.69. The Balaban J connectivity index is 3.16. The molecule has 0 aromatic heterocycles. The van der Waals surface area contributed by atoms with Gasteiger partial charge in [0.25, 0.3) is 0 Å². The SMILES string of the molecule is O=C(O)C(=O)Oc1cc(Cl)c(Cl)c(Cl)c1F. The van der Waals surface area contributed by atoms with Gasteiger partial charge < -0.3 is 9.84 Å². The summed E-state index contributed by atoms with van der Waals surface area (Å²) in [5, 5.41) is 7.27. The summed E-state index contributed by atoms with van der Waals surface area (Å²) in [6.45, 7) is 0. The van der Waals surface area contributed by atoms with Crippen LogP contribution in [0.2, 0.25) is 15.1 Å². The zero-order chi connectivity index (χ0) is 12.5. The first-order valence-corrected chi connectivity index (χ1v) is 4.76. The third kappa shape index (κ3) is 2.55. The zero-order valence-corrected chi connectivity index (χ0v) is 9.53. The molecular weight excluding hydrogens is 285 g/mol. The van der Waals surface area contributed by atoms with E-state index in [0.717, 1.165) is 6.07 Å². The van der Waals surface area contributed by atoms with Gasteiger partial charge in [-0.05, 0) is 0 Å². The molecule has 1 aromatic rings. The van der Waals surface area contributed by atoms with Gasteiger partial charge in [-0.3, -0.25) is 0 Å². The summed E-state index contributed by atoms with van der Waals surface area (Å²) in [5.41, 5.74) is 0. The molecule has 0 atom stereocenters. The van der Waals surface area contributed by atoms with Crippen molar-refractivity contribution >= 4 is 46.7 Å². The molecule has 0 fully saturated rings. The van der Waals surface area contributed by atoms with Crippen molar-refractivity contribution in [3.8, 4) is 5.75 Å². The highest BCUT2D eigenvalue weighted by molar-refractivity contribution is 6.48. The van der Waals surface area contributed by atoms with Gasteiger partial charge in [-0.25, -0.2) is 14.0 Å². The Labute approximate surface area is 103 Å². The maximum absolute atomic E-state index is 13.3. The van der Waals surface area contributed by atoms with E-state index in [-0.39, 0.29) is 10.0 Å². The molecule has 0 unspecified atom stereocenters. The van der Waals surface area contributed by atoms with Gasteiger partial charge >= 0.3 is 11.9 Å². The molecule has 0 amide bonds.